The van der Waals surface area contributed by atoms with Crippen LogP contribution in [0.1, 0.15) is 17.0 Å². The predicted molar refractivity (Wildman–Crippen MR) is 97.1 cm³/mol. The van der Waals surface area contributed by atoms with Gasteiger partial charge in [-0.25, -0.2) is 9.97 Å². The molecule has 1 fully saturated rings. The van der Waals surface area contributed by atoms with Crippen LogP contribution < -0.4 is 10.6 Å². The number of ether oxygens (including phenoxy) is 2. The fraction of sp³-hybridized carbons (Fsp3) is 0.294. The Balaban J connectivity index is 1.64. The molecule has 1 aromatic carbocycles. The van der Waals surface area contributed by atoms with E-state index in [1.807, 2.05) is 25.1 Å². The van der Waals surface area contributed by atoms with Gasteiger partial charge >= 0.3 is 6.01 Å². The summed E-state index contributed by atoms with van der Waals surface area (Å²) in [6.07, 6.45) is 4.91. The Labute approximate surface area is 150 Å². The summed E-state index contributed by atoms with van der Waals surface area (Å²) in [5.41, 5.74) is 3.22. The van der Waals surface area contributed by atoms with Crippen LogP contribution in [0.3, 0.4) is 0 Å². The Morgan fingerprint density at radius 1 is 1.40 bits per heavy atom. The van der Waals surface area contributed by atoms with E-state index in [9.17, 15) is 0 Å². The second-order valence-corrected chi connectivity index (χ2v) is 6.06. The number of aromatic nitrogens is 2. The number of rotatable bonds is 6. The second kappa shape index (κ2) is 8.04. The quantitative estimate of drug-likeness (QED) is 0.486. The minimum atomic E-state index is 0.125. The number of aryl methyl sites for hydroxylation is 1. The maximum absolute atomic E-state index is 6.24. The van der Waals surface area contributed by atoms with Gasteiger partial charge in [0.25, 0.3) is 0 Å². The lowest BCUT2D eigenvalue weighted by Gasteiger charge is -2.27. The summed E-state index contributed by atoms with van der Waals surface area (Å²) in [5, 5.41) is 4.40. The molecule has 1 saturated heterocycles. The summed E-state index contributed by atoms with van der Waals surface area (Å²) in [6, 6.07) is 5.88. The minimum absolute atomic E-state index is 0.125. The van der Waals surface area contributed by atoms with Crippen LogP contribution in [0.4, 0.5) is 5.69 Å². The van der Waals surface area contributed by atoms with E-state index in [2.05, 4.69) is 20.1 Å². The summed E-state index contributed by atoms with van der Waals surface area (Å²) in [5.74, 6) is 5.72. The molecule has 2 heterocycles. The van der Waals surface area contributed by atoms with E-state index in [-0.39, 0.29) is 12.6 Å². The number of hydrazone groups is 1. The van der Waals surface area contributed by atoms with Gasteiger partial charge in [0, 0.05) is 23.3 Å². The van der Waals surface area contributed by atoms with Crippen molar-refractivity contribution in [2.24, 2.45) is 15.9 Å². The number of halogens is 1. The molecule has 130 valence electrons. The van der Waals surface area contributed by atoms with E-state index in [1.165, 1.54) is 0 Å². The van der Waals surface area contributed by atoms with Crippen LogP contribution in [-0.2, 0) is 4.74 Å². The van der Waals surface area contributed by atoms with Crippen LogP contribution in [0.5, 0.6) is 6.01 Å². The van der Waals surface area contributed by atoms with Crippen LogP contribution >= 0.6 is 11.6 Å². The third-order valence-corrected chi connectivity index (χ3v) is 4.04. The average molecular weight is 360 g/mol. The molecule has 3 rings (SSSR count). The van der Waals surface area contributed by atoms with Crippen molar-refractivity contribution in [2.75, 3.05) is 19.8 Å². The van der Waals surface area contributed by atoms with Crippen molar-refractivity contribution in [3.8, 4) is 6.01 Å². The number of nitrogens with zero attached hydrogens (tertiary/aromatic N) is 4. The van der Waals surface area contributed by atoms with E-state index in [0.29, 0.717) is 24.8 Å². The van der Waals surface area contributed by atoms with Crippen molar-refractivity contribution in [3.63, 3.8) is 0 Å². The molecule has 0 aliphatic carbocycles. The summed E-state index contributed by atoms with van der Waals surface area (Å²) in [4.78, 5) is 12.5. The van der Waals surface area contributed by atoms with Crippen LogP contribution in [0, 0.1) is 6.92 Å². The van der Waals surface area contributed by atoms with E-state index in [1.54, 1.807) is 18.6 Å². The third-order valence-electron chi connectivity index (χ3n) is 3.69. The Kier molecular flexibility index (Phi) is 5.57. The summed E-state index contributed by atoms with van der Waals surface area (Å²) >= 11 is 6.24. The zero-order valence-corrected chi connectivity index (χ0v) is 14.5. The Bertz CT molecular complexity index is 788. The summed E-state index contributed by atoms with van der Waals surface area (Å²) < 4.78 is 10.7. The predicted octanol–water partition coefficient (Wildman–Crippen LogP) is 2.65. The number of aliphatic imine (C=N–C) groups is 1. The fourth-order valence-corrected chi connectivity index (χ4v) is 2.46. The topological polar surface area (TPSA) is 95.0 Å². The van der Waals surface area contributed by atoms with Crippen molar-refractivity contribution in [2.45, 2.75) is 12.8 Å². The smallest absolute Gasteiger partial charge is 0.316 e. The highest BCUT2D eigenvalue weighted by molar-refractivity contribution is 6.32. The maximum atomic E-state index is 6.24. The molecule has 0 saturated carbocycles. The molecular formula is C17H18ClN5O2. The van der Waals surface area contributed by atoms with Gasteiger partial charge in [0.1, 0.15) is 12.3 Å². The van der Waals surface area contributed by atoms with Gasteiger partial charge in [0.2, 0.25) is 0 Å². The maximum Gasteiger partial charge on any atom is 0.316 e. The van der Waals surface area contributed by atoms with Gasteiger partial charge in [-0.3, -0.25) is 4.99 Å². The molecule has 1 aliphatic heterocycles. The Hall–Kier alpha value is -2.51. The SMILES string of the molecule is Cc1cnc(OCC(C=Nc2ccc(Cl)c(C3COC3)c2)=NN)nc1. The molecule has 7 nitrogen and oxygen atoms in total. The molecule has 1 aromatic heterocycles. The van der Waals surface area contributed by atoms with Crippen LogP contribution in [-0.4, -0.2) is 41.7 Å². The van der Waals surface area contributed by atoms with E-state index in [4.69, 9.17) is 26.9 Å². The van der Waals surface area contributed by atoms with Crippen LogP contribution in [0.25, 0.3) is 0 Å². The van der Waals surface area contributed by atoms with Gasteiger partial charge in [0.15, 0.2) is 0 Å². The highest BCUT2D eigenvalue weighted by Gasteiger charge is 2.23. The summed E-state index contributed by atoms with van der Waals surface area (Å²) in [6.45, 7) is 3.40. The van der Waals surface area contributed by atoms with Crippen molar-refractivity contribution >= 4 is 29.2 Å². The normalized spacial score (nSPS) is 15.4. The largest absolute Gasteiger partial charge is 0.457 e. The molecule has 0 bridgehead atoms. The molecule has 8 heteroatoms. The molecule has 1 aliphatic rings. The van der Waals surface area contributed by atoms with E-state index >= 15 is 0 Å². The van der Waals surface area contributed by atoms with Crippen molar-refractivity contribution in [3.05, 3.63) is 46.7 Å². The van der Waals surface area contributed by atoms with E-state index < -0.39 is 0 Å². The zero-order chi connectivity index (χ0) is 17.6. The standard InChI is InChI=1S/C17H18ClN5O2/c1-11-5-21-17(22-6-11)25-10-14(23-19)7-20-13-2-3-16(18)15(4-13)12-8-24-9-12/h2-7,12H,8-10,19H2,1H3. The van der Waals surface area contributed by atoms with Crippen LogP contribution in [0.2, 0.25) is 5.02 Å². The Morgan fingerprint density at radius 3 is 2.80 bits per heavy atom. The minimum Gasteiger partial charge on any atom is -0.457 e. The van der Waals surface area contributed by atoms with Gasteiger partial charge in [0.05, 0.1) is 25.1 Å². The summed E-state index contributed by atoms with van der Waals surface area (Å²) in [7, 11) is 0. The number of hydrogen-bond acceptors (Lipinski definition) is 7. The zero-order valence-electron chi connectivity index (χ0n) is 13.7. The molecule has 0 unspecified atom stereocenters. The van der Waals surface area contributed by atoms with Crippen LogP contribution in [0.15, 0.2) is 40.7 Å². The Morgan fingerprint density at radius 2 is 2.16 bits per heavy atom. The molecule has 25 heavy (non-hydrogen) atoms. The van der Waals surface area contributed by atoms with E-state index in [0.717, 1.165) is 21.8 Å². The monoisotopic (exact) mass is 359 g/mol. The first-order chi connectivity index (χ1) is 12.2. The number of nitrogens with two attached hydrogens (primary N) is 1. The highest BCUT2D eigenvalue weighted by Crippen LogP contribution is 2.32. The molecule has 0 amide bonds. The molecule has 0 atom stereocenters. The van der Waals surface area contributed by atoms with Gasteiger partial charge < -0.3 is 15.3 Å². The van der Waals surface area contributed by atoms with Gasteiger partial charge in [-0.2, -0.15) is 5.10 Å². The molecule has 0 spiro atoms. The first kappa shape index (κ1) is 17.3. The second-order valence-electron chi connectivity index (χ2n) is 5.65. The van der Waals surface area contributed by atoms with Crippen molar-refractivity contribution < 1.29 is 9.47 Å². The third kappa shape index (κ3) is 4.52. The highest BCUT2D eigenvalue weighted by atomic mass is 35.5. The van der Waals surface area contributed by atoms with Crippen molar-refractivity contribution in [1.82, 2.24) is 9.97 Å². The molecular weight excluding hydrogens is 342 g/mol. The molecule has 0 radical (unpaired) electrons. The number of hydrogen-bond donors (Lipinski definition) is 1. The lowest BCUT2D eigenvalue weighted by atomic mass is 9.97. The van der Waals surface area contributed by atoms with Gasteiger partial charge in [-0.15, -0.1) is 0 Å². The van der Waals surface area contributed by atoms with Gasteiger partial charge in [-0.05, 0) is 36.2 Å². The lowest BCUT2D eigenvalue weighted by Crippen LogP contribution is -2.25. The average Bonchev–Trinajstić information content (AvgIpc) is 2.57. The van der Waals surface area contributed by atoms with Gasteiger partial charge in [-0.1, -0.05) is 11.6 Å². The number of benzene rings is 1. The molecule has 2 N–H and O–H groups in total. The fourth-order valence-electron chi connectivity index (χ4n) is 2.19. The lowest BCUT2D eigenvalue weighted by molar-refractivity contribution is 0.00848. The first-order valence-corrected chi connectivity index (χ1v) is 8.13. The van der Waals surface area contributed by atoms with Crippen molar-refractivity contribution in [1.29, 1.82) is 0 Å². The first-order valence-electron chi connectivity index (χ1n) is 7.75. The molecule has 2 aromatic rings.